The molecule has 0 aliphatic heterocycles. The van der Waals surface area contributed by atoms with Crippen LogP contribution in [0.15, 0.2) is 160 Å². The highest BCUT2D eigenvalue weighted by Crippen LogP contribution is 2.42. The molecule has 0 atom stereocenters. The van der Waals surface area contributed by atoms with Gasteiger partial charge in [0.15, 0.2) is 0 Å². The van der Waals surface area contributed by atoms with Crippen LogP contribution in [0.1, 0.15) is 0 Å². The van der Waals surface area contributed by atoms with Crippen molar-refractivity contribution in [1.29, 1.82) is 0 Å². The van der Waals surface area contributed by atoms with Crippen LogP contribution >= 0.6 is 0 Å². The van der Waals surface area contributed by atoms with Crippen molar-refractivity contribution in [3.63, 3.8) is 0 Å². The lowest BCUT2D eigenvalue weighted by atomic mass is 9.99. The molecule has 45 heavy (non-hydrogen) atoms. The Hall–Kier alpha value is -6.06. The van der Waals surface area contributed by atoms with Gasteiger partial charge < -0.3 is 13.7 Å². The van der Waals surface area contributed by atoms with E-state index >= 15 is 0 Å². The fraction of sp³-hybridized carbons (Fsp3) is 0. The average molecular weight is 576 g/mol. The Morgan fingerprint density at radius 2 is 0.822 bits per heavy atom. The summed E-state index contributed by atoms with van der Waals surface area (Å²) in [7, 11) is 0. The van der Waals surface area contributed by atoms with Gasteiger partial charge in [-0.05, 0) is 99.0 Å². The molecule has 0 saturated heterocycles. The molecule has 10 rings (SSSR count). The molecule has 0 radical (unpaired) electrons. The Morgan fingerprint density at radius 3 is 1.62 bits per heavy atom. The fourth-order valence-corrected chi connectivity index (χ4v) is 7.03. The first-order valence-electron chi connectivity index (χ1n) is 15.2. The summed E-state index contributed by atoms with van der Waals surface area (Å²) in [6.07, 6.45) is 0. The zero-order valence-corrected chi connectivity index (χ0v) is 24.2. The van der Waals surface area contributed by atoms with Crippen molar-refractivity contribution in [2.24, 2.45) is 0 Å². The Morgan fingerprint density at radius 1 is 0.289 bits per heavy atom. The van der Waals surface area contributed by atoms with Crippen LogP contribution in [0.2, 0.25) is 0 Å². The van der Waals surface area contributed by atoms with Gasteiger partial charge in [-0.25, -0.2) is 0 Å². The SMILES string of the molecule is c1ccc2cc(N(c3ccc4c(ccc5cc6oc7ccccc7c6cc54)c3)c3ccc4oc5ccccc5c4c3)ccc2c1. The van der Waals surface area contributed by atoms with Crippen molar-refractivity contribution in [2.75, 3.05) is 4.90 Å². The van der Waals surface area contributed by atoms with Gasteiger partial charge in [-0.2, -0.15) is 0 Å². The van der Waals surface area contributed by atoms with E-state index in [4.69, 9.17) is 8.83 Å². The van der Waals surface area contributed by atoms with Gasteiger partial charge in [0.05, 0.1) is 0 Å². The molecule has 2 aromatic heterocycles. The van der Waals surface area contributed by atoms with Gasteiger partial charge in [-0.15, -0.1) is 0 Å². The molecule has 0 fully saturated rings. The van der Waals surface area contributed by atoms with E-state index in [9.17, 15) is 0 Å². The van der Waals surface area contributed by atoms with E-state index in [0.717, 1.165) is 60.9 Å². The molecule has 0 amide bonds. The van der Waals surface area contributed by atoms with Crippen molar-refractivity contribution < 1.29 is 8.83 Å². The van der Waals surface area contributed by atoms with Gasteiger partial charge in [0.2, 0.25) is 0 Å². The summed E-state index contributed by atoms with van der Waals surface area (Å²) < 4.78 is 12.4. The quantitative estimate of drug-likeness (QED) is 0.196. The summed E-state index contributed by atoms with van der Waals surface area (Å²) in [5.74, 6) is 0. The van der Waals surface area contributed by atoms with Crippen LogP contribution in [0.5, 0.6) is 0 Å². The smallest absolute Gasteiger partial charge is 0.136 e. The molecule has 3 nitrogen and oxygen atoms in total. The predicted octanol–water partition coefficient (Wildman–Crippen LogP) is 12.4. The number of fused-ring (bicyclic) bond motifs is 10. The van der Waals surface area contributed by atoms with Crippen molar-refractivity contribution in [2.45, 2.75) is 0 Å². The normalized spacial score (nSPS) is 12.0. The largest absolute Gasteiger partial charge is 0.456 e. The van der Waals surface area contributed by atoms with Crippen LogP contribution in [-0.4, -0.2) is 0 Å². The van der Waals surface area contributed by atoms with E-state index in [-0.39, 0.29) is 0 Å². The number of para-hydroxylation sites is 2. The number of hydrogen-bond donors (Lipinski definition) is 0. The average Bonchev–Trinajstić information content (AvgIpc) is 3.65. The summed E-state index contributed by atoms with van der Waals surface area (Å²) in [4.78, 5) is 2.35. The molecule has 0 aliphatic carbocycles. The minimum absolute atomic E-state index is 0.890. The Balaban J connectivity index is 1.20. The van der Waals surface area contributed by atoms with Gasteiger partial charge in [0, 0.05) is 38.6 Å². The van der Waals surface area contributed by atoms with Crippen LogP contribution in [0.3, 0.4) is 0 Å². The molecule has 0 unspecified atom stereocenters. The summed E-state index contributed by atoms with van der Waals surface area (Å²) in [5.41, 5.74) is 6.91. The third-order valence-corrected chi connectivity index (χ3v) is 9.18. The second kappa shape index (κ2) is 9.22. The van der Waals surface area contributed by atoms with Gasteiger partial charge in [-0.1, -0.05) is 84.9 Å². The van der Waals surface area contributed by atoms with Crippen molar-refractivity contribution in [3.8, 4) is 0 Å². The monoisotopic (exact) mass is 575 g/mol. The number of nitrogens with zero attached hydrogens (tertiary/aromatic N) is 1. The molecular weight excluding hydrogens is 550 g/mol. The van der Waals surface area contributed by atoms with Crippen LogP contribution in [0, 0.1) is 0 Å². The van der Waals surface area contributed by atoms with E-state index in [1.165, 1.54) is 32.3 Å². The third-order valence-electron chi connectivity index (χ3n) is 9.18. The first kappa shape index (κ1) is 24.4. The highest BCUT2D eigenvalue weighted by Gasteiger charge is 2.17. The van der Waals surface area contributed by atoms with Crippen molar-refractivity contribution in [3.05, 3.63) is 152 Å². The summed E-state index contributed by atoms with van der Waals surface area (Å²) in [5, 5.41) is 11.8. The molecule has 0 aliphatic rings. The highest BCUT2D eigenvalue weighted by molar-refractivity contribution is 6.17. The van der Waals surface area contributed by atoms with Crippen LogP contribution in [-0.2, 0) is 0 Å². The molecule has 0 spiro atoms. The predicted molar refractivity (Wildman–Crippen MR) is 188 cm³/mol. The van der Waals surface area contributed by atoms with Crippen LogP contribution in [0.4, 0.5) is 17.1 Å². The maximum Gasteiger partial charge on any atom is 0.136 e. The number of anilines is 3. The third kappa shape index (κ3) is 3.71. The molecule has 0 N–H and O–H groups in total. The zero-order valence-electron chi connectivity index (χ0n) is 24.2. The first-order valence-corrected chi connectivity index (χ1v) is 15.2. The second-order valence-electron chi connectivity index (χ2n) is 11.8. The van der Waals surface area contributed by atoms with E-state index in [1.807, 2.05) is 24.3 Å². The Kier molecular flexibility index (Phi) is 5.00. The zero-order chi connectivity index (χ0) is 29.5. The molecule has 2 heterocycles. The summed E-state index contributed by atoms with van der Waals surface area (Å²) in [6.45, 7) is 0. The number of furan rings is 2. The molecule has 3 heteroatoms. The van der Waals surface area contributed by atoms with Gasteiger partial charge in [0.1, 0.15) is 22.3 Å². The minimum Gasteiger partial charge on any atom is -0.456 e. The molecular formula is C42H25NO2. The van der Waals surface area contributed by atoms with E-state index in [2.05, 4.69) is 132 Å². The van der Waals surface area contributed by atoms with Crippen LogP contribution in [0.25, 0.3) is 76.2 Å². The van der Waals surface area contributed by atoms with Crippen molar-refractivity contribution in [1.82, 2.24) is 0 Å². The van der Waals surface area contributed by atoms with E-state index in [1.54, 1.807) is 0 Å². The molecule has 8 aromatic carbocycles. The minimum atomic E-state index is 0.890. The van der Waals surface area contributed by atoms with Gasteiger partial charge in [-0.3, -0.25) is 0 Å². The lowest BCUT2D eigenvalue weighted by Gasteiger charge is -2.26. The lowest BCUT2D eigenvalue weighted by molar-refractivity contribution is 0.668. The first-order chi connectivity index (χ1) is 22.3. The fourth-order valence-electron chi connectivity index (χ4n) is 7.03. The highest BCUT2D eigenvalue weighted by atomic mass is 16.3. The summed E-state index contributed by atoms with van der Waals surface area (Å²) >= 11 is 0. The topological polar surface area (TPSA) is 29.5 Å². The van der Waals surface area contributed by atoms with Gasteiger partial charge >= 0.3 is 0 Å². The standard InChI is InChI=1S/C42H25NO2/c1-2-8-27-21-30(16-15-26(27)7-1)43(32-18-20-41-37(24-32)34-9-3-5-11-39(34)44-41)31-17-19-33-28(22-31)13-14-29-23-42-38(25-36(29)33)35-10-4-6-12-40(35)45-42/h1-25H. The molecule has 0 bridgehead atoms. The molecule has 10 aromatic rings. The Bertz CT molecular complexity index is 2780. The molecule has 0 saturated carbocycles. The van der Waals surface area contributed by atoms with E-state index < -0.39 is 0 Å². The lowest BCUT2D eigenvalue weighted by Crippen LogP contribution is -2.09. The number of hydrogen-bond acceptors (Lipinski definition) is 3. The molecule has 210 valence electrons. The van der Waals surface area contributed by atoms with Crippen LogP contribution < -0.4 is 4.90 Å². The maximum absolute atomic E-state index is 6.19. The maximum atomic E-state index is 6.19. The van der Waals surface area contributed by atoms with Gasteiger partial charge in [0.25, 0.3) is 0 Å². The Labute approximate surface area is 258 Å². The van der Waals surface area contributed by atoms with E-state index in [0.29, 0.717) is 0 Å². The number of benzene rings is 8. The van der Waals surface area contributed by atoms with Crippen molar-refractivity contribution >= 4 is 93.3 Å². The second-order valence-corrected chi connectivity index (χ2v) is 11.8. The summed E-state index contributed by atoms with van der Waals surface area (Å²) in [6, 6.07) is 53.9. The number of rotatable bonds is 3.